The average Bonchev–Trinajstić information content (AvgIpc) is 3.23. The summed E-state index contributed by atoms with van der Waals surface area (Å²) in [6, 6.07) is 5.99. The Bertz CT molecular complexity index is 864. The number of aromatic nitrogens is 2. The summed E-state index contributed by atoms with van der Waals surface area (Å²) < 4.78 is 13.1. The van der Waals surface area contributed by atoms with Crippen molar-refractivity contribution in [1.82, 2.24) is 24.7 Å². The van der Waals surface area contributed by atoms with Crippen molar-refractivity contribution in [1.29, 1.82) is 0 Å². The topological polar surface area (TPSA) is 67.2 Å². The molecule has 1 aromatic heterocycles. The molecule has 1 fully saturated rings. The van der Waals surface area contributed by atoms with Crippen molar-refractivity contribution < 1.29 is 9.47 Å². The zero-order valence-electron chi connectivity index (χ0n) is 20.4. The van der Waals surface area contributed by atoms with Crippen molar-refractivity contribution in [2.45, 2.75) is 39.8 Å². The lowest BCUT2D eigenvalue weighted by Gasteiger charge is -2.36. The minimum Gasteiger partial charge on any atom is -0.497 e. The summed E-state index contributed by atoms with van der Waals surface area (Å²) in [6.45, 7) is 11.7. The molecule has 0 radical (unpaired) electrons. The minimum absolute atomic E-state index is 0. The van der Waals surface area contributed by atoms with Crippen LogP contribution in [0.15, 0.2) is 35.6 Å². The summed E-state index contributed by atoms with van der Waals surface area (Å²) in [7, 11) is 3.42. The molecule has 1 saturated heterocycles. The number of halogens is 1. The maximum absolute atomic E-state index is 5.55. The van der Waals surface area contributed by atoms with Crippen LogP contribution in [0.4, 0.5) is 0 Å². The third kappa shape index (κ3) is 8.06. The maximum Gasteiger partial charge on any atom is 0.194 e. The molecule has 33 heavy (non-hydrogen) atoms. The van der Waals surface area contributed by atoms with Crippen LogP contribution in [0.25, 0.3) is 0 Å². The van der Waals surface area contributed by atoms with E-state index in [1.165, 1.54) is 0 Å². The SMILES string of the molecule is CCNC(=NCCCCn1ccnc1C)N1CCN(Cc2cc(OC)ccc2OC)CC1.I. The highest BCUT2D eigenvalue weighted by Gasteiger charge is 2.20. The smallest absolute Gasteiger partial charge is 0.194 e. The zero-order valence-corrected chi connectivity index (χ0v) is 22.7. The Morgan fingerprint density at radius 3 is 2.55 bits per heavy atom. The maximum atomic E-state index is 5.55. The highest BCUT2D eigenvalue weighted by molar-refractivity contribution is 14.0. The van der Waals surface area contributed by atoms with E-state index in [0.29, 0.717) is 0 Å². The lowest BCUT2D eigenvalue weighted by atomic mass is 10.1. The second-order valence-electron chi connectivity index (χ2n) is 8.05. The van der Waals surface area contributed by atoms with Gasteiger partial charge in [0.25, 0.3) is 0 Å². The third-order valence-corrected chi connectivity index (χ3v) is 5.88. The van der Waals surface area contributed by atoms with E-state index in [1.807, 2.05) is 31.5 Å². The number of piperazine rings is 1. The van der Waals surface area contributed by atoms with Gasteiger partial charge in [-0.05, 0) is 44.9 Å². The van der Waals surface area contributed by atoms with E-state index < -0.39 is 0 Å². The summed E-state index contributed by atoms with van der Waals surface area (Å²) in [5.74, 6) is 3.88. The molecule has 9 heteroatoms. The van der Waals surface area contributed by atoms with Crippen LogP contribution < -0.4 is 14.8 Å². The van der Waals surface area contributed by atoms with Crippen LogP contribution in [0.3, 0.4) is 0 Å². The Hall–Kier alpha value is -2.01. The number of benzene rings is 1. The van der Waals surface area contributed by atoms with Crippen LogP contribution in [0.2, 0.25) is 0 Å². The monoisotopic (exact) mass is 570 g/mol. The standard InChI is InChI=1S/C24H38N6O2.HI/c1-5-25-24(27-10-6-7-12-29-13-11-26-20(29)2)30-16-14-28(15-17-30)19-21-18-22(31-3)8-9-23(21)32-4;/h8-9,11,13,18H,5-7,10,12,14-17,19H2,1-4H3,(H,25,27);1H. The Morgan fingerprint density at radius 2 is 1.91 bits per heavy atom. The Morgan fingerprint density at radius 1 is 1.12 bits per heavy atom. The minimum atomic E-state index is 0. The van der Waals surface area contributed by atoms with E-state index in [1.54, 1.807) is 14.2 Å². The van der Waals surface area contributed by atoms with E-state index in [-0.39, 0.29) is 24.0 Å². The number of aryl methyl sites for hydroxylation is 2. The van der Waals surface area contributed by atoms with Crippen molar-refractivity contribution in [3.63, 3.8) is 0 Å². The van der Waals surface area contributed by atoms with E-state index in [9.17, 15) is 0 Å². The summed E-state index contributed by atoms with van der Waals surface area (Å²) in [4.78, 5) is 14.0. The number of guanidine groups is 1. The molecule has 3 rings (SSSR count). The van der Waals surface area contributed by atoms with Gasteiger partial charge in [-0.3, -0.25) is 9.89 Å². The fourth-order valence-electron chi connectivity index (χ4n) is 4.01. The van der Waals surface area contributed by atoms with Gasteiger partial charge in [0.2, 0.25) is 0 Å². The molecule has 8 nitrogen and oxygen atoms in total. The van der Waals surface area contributed by atoms with Gasteiger partial charge in [0.15, 0.2) is 5.96 Å². The van der Waals surface area contributed by atoms with E-state index in [2.05, 4.69) is 37.7 Å². The third-order valence-electron chi connectivity index (χ3n) is 5.88. The molecule has 2 aromatic rings. The molecule has 2 heterocycles. The van der Waals surface area contributed by atoms with E-state index >= 15 is 0 Å². The van der Waals surface area contributed by atoms with Crippen molar-refractivity contribution in [3.8, 4) is 11.5 Å². The Kier molecular flexibility index (Phi) is 11.8. The van der Waals surface area contributed by atoms with Crippen molar-refractivity contribution in [2.24, 2.45) is 4.99 Å². The summed E-state index contributed by atoms with van der Waals surface area (Å²) >= 11 is 0. The molecule has 0 amide bonds. The van der Waals surface area contributed by atoms with Gasteiger partial charge in [0.1, 0.15) is 17.3 Å². The molecule has 1 aliphatic heterocycles. The number of imidazole rings is 1. The van der Waals surface area contributed by atoms with Gasteiger partial charge in [-0.1, -0.05) is 0 Å². The zero-order chi connectivity index (χ0) is 22.8. The first-order valence-electron chi connectivity index (χ1n) is 11.6. The van der Waals surface area contributed by atoms with Gasteiger partial charge >= 0.3 is 0 Å². The summed E-state index contributed by atoms with van der Waals surface area (Å²) in [5, 5.41) is 3.47. The van der Waals surface area contributed by atoms with Crippen LogP contribution in [-0.4, -0.2) is 78.8 Å². The summed E-state index contributed by atoms with van der Waals surface area (Å²) in [6.07, 6.45) is 6.09. The molecule has 1 aromatic carbocycles. The Balaban J connectivity index is 0.00000385. The van der Waals surface area contributed by atoms with Crippen LogP contribution in [0.5, 0.6) is 11.5 Å². The van der Waals surface area contributed by atoms with Crippen LogP contribution in [-0.2, 0) is 13.1 Å². The largest absolute Gasteiger partial charge is 0.497 e. The predicted molar refractivity (Wildman–Crippen MR) is 144 cm³/mol. The molecular weight excluding hydrogens is 531 g/mol. The van der Waals surface area contributed by atoms with Crippen molar-refractivity contribution >= 4 is 29.9 Å². The first-order chi connectivity index (χ1) is 15.6. The number of hydrogen-bond donors (Lipinski definition) is 1. The lowest BCUT2D eigenvalue weighted by molar-refractivity contribution is 0.171. The second-order valence-corrected chi connectivity index (χ2v) is 8.05. The highest BCUT2D eigenvalue weighted by atomic mass is 127. The normalized spacial score (nSPS) is 14.7. The fourth-order valence-corrected chi connectivity index (χ4v) is 4.01. The van der Waals surface area contributed by atoms with Crippen molar-refractivity contribution in [3.05, 3.63) is 42.0 Å². The van der Waals surface area contributed by atoms with Crippen LogP contribution in [0.1, 0.15) is 31.2 Å². The van der Waals surface area contributed by atoms with Gasteiger partial charge in [-0.25, -0.2) is 4.98 Å². The molecule has 0 unspecified atom stereocenters. The quantitative estimate of drug-likeness (QED) is 0.205. The van der Waals surface area contributed by atoms with Gasteiger partial charge in [0.05, 0.1) is 14.2 Å². The fraction of sp³-hybridized carbons (Fsp3) is 0.583. The number of aliphatic imine (C=N–C) groups is 1. The lowest BCUT2D eigenvalue weighted by Crippen LogP contribution is -2.52. The number of methoxy groups -OCH3 is 2. The molecule has 1 aliphatic rings. The number of hydrogen-bond acceptors (Lipinski definition) is 5. The first-order valence-corrected chi connectivity index (χ1v) is 11.6. The predicted octanol–water partition coefficient (Wildman–Crippen LogP) is 3.39. The molecule has 0 saturated carbocycles. The average molecular weight is 571 g/mol. The number of rotatable bonds is 10. The van der Waals surface area contributed by atoms with Crippen molar-refractivity contribution in [2.75, 3.05) is 53.5 Å². The molecule has 0 bridgehead atoms. The number of nitrogens with one attached hydrogen (secondary N) is 1. The Labute approximate surface area is 215 Å². The molecule has 1 N–H and O–H groups in total. The number of unbranched alkanes of at least 4 members (excludes halogenated alkanes) is 1. The van der Waals surface area contributed by atoms with Gasteiger partial charge in [0, 0.05) is 70.3 Å². The molecule has 184 valence electrons. The van der Waals surface area contributed by atoms with E-state index in [4.69, 9.17) is 14.5 Å². The molecule has 0 spiro atoms. The molecular formula is C24H39IN6O2. The second kappa shape index (κ2) is 14.3. The molecule has 0 atom stereocenters. The van der Waals surface area contributed by atoms with Gasteiger partial charge in [-0.15, -0.1) is 24.0 Å². The highest BCUT2D eigenvalue weighted by Crippen LogP contribution is 2.25. The molecule has 0 aliphatic carbocycles. The number of nitrogens with zero attached hydrogens (tertiary/aromatic N) is 5. The number of ether oxygens (including phenoxy) is 2. The van der Waals surface area contributed by atoms with Crippen LogP contribution in [0, 0.1) is 6.92 Å². The van der Waals surface area contributed by atoms with Gasteiger partial charge < -0.3 is 24.3 Å². The van der Waals surface area contributed by atoms with Crippen LogP contribution >= 0.6 is 24.0 Å². The van der Waals surface area contributed by atoms with Gasteiger partial charge in [-0.2, -0.15) is 0 Å². The first kappa shape index (κ1) is 27.2. The summed E-state index contributed by atoms with van der Waals surface area (Å²) in [5.41, 5.74) is 1.16. The van der Waals surface area contributed by atoms with E-state index in [0.717, 1.165) is 94.0 Å².